The van der Waals surface area contributed by atoms with Crippen LogP contribution in [0.3, 0.4) is 0 Å². The number of fused-ring (bicyclic) bond motifs is 1. The molecule has 4 rings (SSSR count). The van der Waals surface area contributed by atoms with Crippen molar-refractivity contribution in [3.63, 3.8) is 0 Å². The summed E-state index contributed by atoms with van der Waals surface area (Å²) in [6.07, 6.45) is 3.04. The molecular weight excluding hydrogens is 368 g/mol. The van der Waals surface area contributed by atoms with Crippen LogP contribution in [0.15, 0.2) is 84.9 Å². The minimum atomic E-state index is -0.0250. The Balaban J connectivity index is 1.52. The van der Waals surface area contributed by atoms with Crippen LogP contribution in [0, 0.1) is 6.92 Å². The molecule has 3 heteroatoms. The van der Waals surface area contributed by atoms with Crippen molar-refractivity contribution in [2.24, 2.45) is 0 Å². The Morgan fingerprint density at radius 2 is 1.50 bits per heavy atom. The second-order valence-electron chi connectivity index (χ2n) is 7.54. The van der Waals surface area contributed by atoms with Crippen LogP contribution in [0.25, 0.3) is 22.2 Å². The molecule has 0 fully saturated rings. The van der Waals surface area contributed by atoms with E-state index in [9.17, 15) is 4.79 Å². The molecular formula is C27H26N2O. The standard InChI is InChI=1S/C27H26N2O/c1-20-25(27(30)28-19-11-10-14-21-12-4-2-5-13-21)23-17-8-9-18-24(23)29-26(20)22-15-6-3-7-16-22/h2-9,12-13,15-18H,10-11,14,19H2,1H3,(H,28,30). The number of hydrogen-bond acceptors (Lipinski definition) is 2. The molecule has 0 aliphatic heterocycles. The van der Waals surface area contributed by atoms with Gasteiger partial charge in [-0.3, -0.25) is 4.79 Å². The van der Waals surface area contributed by atoms with Gasteiger partial charge >= 0.3 is 0 Å². The molecule has 1 aromatic heterocycles. The second kappa shape index (κ2) is 9.36. The molecule has 30 heavy (non-hydrogen) atoms. The molecule has 4 aromatic rings. The van der Waals surface area contributed by atoms with Crippen molar-refractivity contribution in [2.45, 2.75) is 26.2 Å². The highest BCUT2D eigenvalue weighted by atomic mass is 16.1. The Hall–Kier alpha value is -3.46. The van der Waals surface area contributed by atoms with Crippen molar-refractivity contribution in [1.29, 1.82) is 0 Å². The molecule has 0 aliphatic rings. The first-order valence-corrected chi connectivity index (χ1v) is 10.5. The molecule has 1 amide bonds. The zero-order chi connectivity index (χ0) is 20.8. The quantitative estimate of drug-likeness (QED) is 0.393. The summed E-state index contributed by atoms with van der Waals surface area (Å²) in [4.78, 5) is 18.0. The normalized spacial score (nSPS) is 10.8. The summed E-state index contributed by atoms with van der Waals surface area (Å²) in [5.41, 5.74) is 5.72. The fourth-order valence-corrected chi connectivity index (χ4v) is 3.87. The van der Waals surface area contributed by atoms with Gasteiger partial charge in [-0.2, -0.15) is 0 Å². The van der Waals surface area contributed by atoms with Gasteiger partial charge in [-0.05, 0) is 43.4 Å². The summed E-state index contributed by atoms with van der Waals surface area (Å²) >= 11 is 0. The van der Waals surface area contributed by atoms with Gasteiger partial charge in [0.2, 0.25) is 0 Å². The number of rotatable bonds is 7. The number of nitrogens with one attached hydrogen (secondary N) is 1. The number of hydrogen-bond donors (Lipinski definition) is 1. The smallest absolute Gasteiger partial charge is 0.252 e. The van der Waals surface area contributed by atoms with Crippen LogP contribution in [-0.4, -0.2) is 17.4 Å². The second-order valence-corrected chi connectivity index (χ2v) is 7.54. The molecule has 150 valence electrons. The van der Waals surface area contributed by atoms with E-state index >= 15 is 0 Å². The molecule has 1 N–H and O–H groups in total. The predicted octanol–water partition coefficient (Wildman–Crippen LogP) is 5.96. The van der Waals surface area contributed by atoms with Gasteiger partial charge in [-0.15, -0.1) is 0 Å². The summed E-state index contributed by atoms with van der Waals surface area (Å²) in [5, 5.41) is 4.03. The lowest BCUT2D eigenvalue weighted by molar-refractivity contribution is 0.0954. The molecule has 0 saturated heterocycles. The number of nitrogens with zero attached hydrogens (tertiary/aromatic N) is 1. The number of aromatic nitrogens is 1. The third kappa shape index (κ3) is 4.41. The first-order chi connectivity index (χ1) is 14.7. The van der Waals surface area contributed by atoms with Crippen LogP contribution >= 0.6 is 0 Å². The molecule has 1 heterocycles. The molecule has 3 aromatic carbocycles. The van der Waals surface area contributed by atoms with E-state index in [1.807, 2.05) is 67.6 Å². The van der Waals surface area contributed by atoms with Gasteiger partial charge in [0.25, 0.3) is 5.91 Å². The van der Waals surface area contributed by atoms with Gasteiger partial charge in [0.05, 0.1) is 16.8 Å². The molecule has 0 spiro atoms. The maximum Gasteiger partial charge on any atom is 0.252 e. The third-order valence-corrected chi connectivity index (χ3v) is 5.43. The predicted molar refractivity (Wildman–Crippen MR) is 124 cm³/mol. The molecule has 0 saturated carbocycles. The lowest BCUT2D eigenvalue weighted by Gasteiger charge is -2.15. The van der Waals surface area contributed by atoms with Crippen LogP contribution in [-0.2, 0) is 6.42 Å². The highest BCUT2D eigenvalue weighted by Gasteiger charge is 2.18. The highest BCUT2D eigenvalue weighted by Crippen LogP contribution is 2.29. The van der Waals surface area contributed by atoms with Crippen molar-refractivity contribution in [2.75, 3.05) is 6.54 Å². The maximum absolute atomic E-state index is 13.2. The molecule has 0 atom stereocenters. The number of aryl methyl sites for hydroxylation is 1. The Bertz CT molecular complexity index is 1140. The average molecular weight is 395 g/mol. The fraction of sp³-hybridized carbons (Fsp3) is 0.185. The van der Waals surface area contributed by atoms with Gasteiger partial charge in [0.15, 0.2) is 0 Å². The van der Waals surface area contributed by atoms with Crippen molar-refractivity contribution in [3.8, 4) is 11.3 Å². The van der Waals surface area contributed by atoms with E-state index in [1.165, 1.54) is 5.56 Å². The van der Waals surface area contributed by atoms with E-state index < -0.39 is 0 Å². The lowest BCUT2D eigenvalue weighted by atomic mass is 9.97. The largest absolute Gasteiger partial charge is 0.352 e. The van der Waals surface area contributed by atoms with E-state index in [0.717, 1.165) is 52.5 Å². The minimum absolute atomic E-state index is 0.0250. The zero-order valence-corrected chi connectivity index (χ0v) is 17.3. The number of benzene rings is 3. The molecule has 0 radical (unpaired) electrons. The molecule has 0 bridgehead atoms. The zero-order valence-electron chi connectivity index (χ0n) is 17.3. The van der Waals surface area contributed by atoms with Gasteiger partial charge in [0.1, 0.15) is 0 Å². The average Bonchev–Trinajstić information content (AvgIpc) is 2.79. The van der Waals surface area contributed by atoms with E-state index in [2.05, 4.69) is 29.6 Å². The number of carbonyl (C=O) groups excluding carboxylic acids is 1. The molecule has 0 unspecified atom stereocenters. The molecule has 3 nitrogen and oxygen atoms in total. The van der Waals surface area contributed by atoms with Gasteiger partial charge in [-0.25, -0.2) is 4.98 Å². The van der Waals surface area contributed by atoms with Gasteiger partial charge in [0, 0.05) is 17.5 Å². The summed E-state index contributed by atoms with van der Waals surface area (Å²) in [6.45, 7) is 2.66. The summed E-state index contributed by atoms with van der Waals surface area (Å²) in [5.74, 6) is -0.0250. The maximum atomic E-state index is 13.2. The van der Waals surface area contributed by atoms with Crippen LogP contribution < -0.4 is 5.32 Å². The Kier molecular flexibility index (Phi) is 6.19. The monoisotopic (exact) mass is 394 g/mol. The first-order valence-electron chi connectivity index (χ1n) is 10.5. The van der Waals surface area contributed by atoms with E-state index in [1.54, 1.807) is 0 Å². The van der Waals surface area contributed by atoms with Gasteiger partial charge < -0.3 is 5.32 Å². The van der Waals surface area contributed by atoms with Crippen molar-refractivity contribution in [3.05, 3.63) is 102 Å². The lowest BCUT2D eigenvalue weighted by Crippen LogP contribution is -2.26. The van der Waals surface area contributed by atoms with Crippen LogP contribution in [0.1, 0.15) is 34.3 Å². The summed E-state index contributed by atoms with van der Waals surface area (Å²) < 4.78 is 0. The van der Waals surface area contributed by atoms with Crippen LogP contribution in [0.4, 0.5) is 0 Å². The van der Waals surface area contributed by atoms with Crippen LogP contribution in [0.5, 0.6) is 0 Å². The Morgan fingerprint density at radius 3 is 2.27 bits per heavy atom. The molecule has 0 aliphatic carbocycles. The van der Waals surface area contributed by atoms with Crippen molar-refractivity contribution in [1.82, 2.24) is 10.3 Å². The SMILES string of the molecule is Cc1c(-c2ccccc2)nc2ccccc2c1C(=O)NCCCCc1ccccc1. The van der Waals surface area contributed by atoms with E-state index in [4.69, 9.17) is 4.98 Å². The first kappa shape index (κ1) is 19.8. The summed E-state index contributed by atoms with van der Waals surface area (Å²) in [6, 6.07) is 28.4. The number of amides is 1. The third-order valence-electron chi connectivity index (χ3n) is 5.43. The topological polar surface area (TPSA) is 42.0 Å². The fourth-order valence-electron chi connectivity index (χ4n) is 3.87. The number of carbonyl (C=O) groups is 1. The number of pyridine rings is 1. The van der Waals surface area contributed by atoms with Crippen molar-refractivity contribution < 1.29 is 4.79 Å². The minimum Gasteiger partial charge on any atom is -0.352 e. The van der Waals surface area contributed by atoms with Crippen molar-refractivity contribution >= 4 is 16.8 Å². The highest BCUT2D eigenvalue weighted by molar-refractivity contribution is 6.08. The number of para-hydroxylation sites is 1. The van der Waals surface area contributed by atoms with Crippen LogP contribution in [0.2, 0.25) is 0 Å². The van der Waals surface area contributed by atoms with E-state index in [0.29, 0.717) is 6.54 Å². The summed E-state index contributed by atoms with van der Waals surface area (Å²) in [7, 11) is 0. The van der Waals surface area contributed by atoms with Gasteiger partial charge in [-0.1, -0.05) is 78.9 Å². The Morgan fingerprint density at radius 1 is 0.833 bits per heavy atom. The van der Waals surface area contributed by atoms with E-state index in [-0.39, 0.29) is 5.91 Å². The Labute approximate surface area is 177 Å². The number of unbranched alkanes of at least 4 members (excludes halogenated alkanes) is 1.